The summed E-state index contributed by atoms with van der Waals surface area (Å²) < 4.78 is 5.27. The van der Waals surface area contributed by atoms with Gasteiger partial charge in [-0.15, -0.1) is 0 Å². The summed E-state index contributed by atoms with van der Waals surface area (Å²) in [5, 5.41) is 13.1. The molecule has 1 aromatic rings. The first-order valence-corrected chi connectivity index (χ1v) is 7.90. The summed E-state index contributed by atoms with van der Waals surface area (Å²) in [6.07, 6.45) is 0.418. The van der Waals surface area contributed by atoms with Crippen LogP contribution in [0.1, 0.15) is 38.3 Å². The number of hydrogen-bond acceptors (Lipinski definition) is 3. The summed E-state index contributed by atoms with van der Waals surface area (Å²) in [7, 11) is 0. The van der Waals surface area contributed by atoms with E-state index in [4.69, 9.17) is 16.3 Å². The molecule has 2 rings (SSSR count). The second kappa shape index (κ2) is 6.09. The first-order chi connectivity index (χ1) is 10.2. The number of carbonyl (C=O) groups excluding carboxylic acids is 1. The molecule has 4 nitrogen and oxygen atoms in total. The van der Waals surface area contributed by atoms with Crippen LogP contribution in [0.25, 0.3) is 0 Å². The Hall–Kier alpha value is -1.26. The maximum atomic E-state index is 11.9. The van der Waals surface area contributed by atoms with E-state index in [2.05, 4.69) is 5.32 Å². The van der Waals surface area contributed by atoms with E-state index in [-0.39, 0.29) is 17.9 Å². The van der Waals surface area contributed by atoms with E-state index >= 15 is 0 Å². The van der Waals surface area contributed by atoms with E-state index in [1.54, 1.807) is 0 Å². The molecule has 0 aliphatic heterocycles. The van der Waals surface area contributed by atoms with Crippen LogP contribution in [-0.2, 0) is 10.2 Å². The number of ether oxygens (including phenoxy) is 1. The average Bonchev–Trinajstić information content (AvgIpc) is 3.13. The Labute approximate surface area is 136 Å². The normalized spacial score (nSPS) is 24.0. The predicted molar refractivity (Wildman–Crippen MR) is 87.3 cm³/mol. The van der Waals surface area contributed by atoms with Crippen molar-refractivity contribution in [2.24, 2.45) is 5.92 Å². The number of nitrogens with one attached hydrogen (secondary N) is 1. The molecule has 0 radical (unpaired) electrons. The van der Waals surface area contributed by atoms with E-state index in [1.807, 2.05) is 45.9 Å². The van der Waals surface area contributed by atoms with Crippen LogP contribution >= 0.6 is 11.6 Å². The lowest BCUT2D eigenvalue weighted by Crippen LogP contribution is -2.38. The zero-order chi connectivity index (χ0) is 16.5. The van der Waals surface area contributed by atoms with Crippen LogP contribution in [0.2, 0.25) is 5.02 Å². The largest absolute Gasteiger partial charge is 0.444 e. The van der Waals surface area contributed by atoms with Gasteiger partial charge in [0.05, 0.1) is 0 Å². The Morgan fingerprint density at radius 2 is 2.18 bits per heavy atom. The van der Waals surface area contributed by atoms with Crippen molar-refractivity contribution in [1.29, 1.82) is 0 Å². The molecular formula is C17H24ClNO3. The molecule has 1 amide bonds. The molecule has 1 aliphatic carbocycles. The van der Waals surface area contributed by atoms with Crippen LogP contribution in [0.15, 0.2) is 18.2 Å². The van der Waals surface area contributed by atoms with Gasteiger partial charge >= 0.3 is 6.09 Å². The second-order valence-corrected chi connectivity index (χ2v) is 7.47. The number of rotatable bonds is 4. The summed E-state index contributed by atoms with van der Waals surface area (Å²) in [6.45, 7) is 8.01. The number of benzene rings is 1. The van der Waals surface area contributed by atoms with Gasteiger partial charge in [-0.25, -0.2) is 4.79 Å². The molecule has 0 heterocycles. The quantitative estimate of drug-likeness (QED) is 0.891. The van der Waals surface area contributed by atoms with Gasteiger partial charge in [-0.2, -0.15) is 0 Å². The number of hydrogen-bond donors (Lipinski definition) is 2. The van der Waals surface area contributed by atoms with Crippen LogP contribution < -0.4 is 5.32 Å². The molecule has 5 heteroatoms. The fraction of sp³-hybridized carbons (Fsp3) is 0.588. The highest BCUT2D eigenvalue weighted by molar-refractivity contribution is 6.31. The number of aliphatic hydroxyl groups excluding tert-OH is 1. The number of alkyl carbamates (subject to hydrolysis) is 1. The minimum Gasteiger partial charge on any atom is -0.444 e. The summed E-state index contributed by atoms with van der Waals surface area (Å²) in [5.41, 5.74) is 1.36. The lowest BCUT2D eigenvalue weighted by molar-refractivity contribution is 0.0520. The van der Waals surface area contributed by atoms with Crippen LogP contribution in [0.3, 0.4) is 0 Å². The van der Waals surface area contributed by atoms with Crippen LogP contribution in [0.4, 0.5) is 4.79 Å². The molecule has 0 spiro atoms. The van der Waals surface area contributed by atoms with Gasteiger partial charge in [0.2, 0.25) is 0 Å². The highest BCUT2D eigenvalue weighted by atomic mass is 35.5. The topological polar surface area (TPSA) is 58.6 Å². The monoisotopic (exact) mass is 325 g/mol. The third kappa shape index (κ3) is 3.73. The third-order valence-corrected chi connectivity index (χ3v) is 4.56. The molecule has 0 saturated heterocycles. The molecule has 22 heavy (non-hydrogen) atoms. The van der Waals surface area contributed by atoms with Crippen molar-refractivity contribution < 1.29 is 14.6 Å². The molecule has 2 atom stereocenters. The van der Waals surface area contributed by atoms with Crippen molar-refractivity contribution in [3.8, 4) is 0 Å². The van der Waals surface area contributed by atoms with Crippen molar-refractivity contribution in [2.75, 3.05) is 13.2 Å². The fourth-order valence-corrected chi connectivity index (χ4v) is 2.91. The van der Waals surface area contributed by atoms with Crippen LogP contribution in [-0.4, -0.2) is 30.0 Å². The molecule has 1 aliphatic rings. The van der Waals surface area contributed by atoms with Gasteiger partial charge in [0.25, 0.3) is 0 Å². The average molecular weight is 326 g/mol. The third-order valence-electron chi connectivity index (χ3n) is 4.13. The van der Waals surface area contributed by atoms with Gasteiger partial charge in [-0.1, -0.05) is 23.7 Å². The van der Waals surface area contributed by atoms with Crippen molar-refractivity contribution in [3.63, 3.8) is 0 Å². The Morgan fingerprint density at radius 1 is 1.50 bits per heavy atom. The molecule has 0 bridgehead atoms. The van der Waals surface area contributed by atoms with Gasteiger partial charge in [-0.05, 0) is 57.2 Å². The second-order valence-electron chi connectivity index (χ2n) is 7.06. The summed E-state index contributed by atoms with van der Waals surface area (Å²) in [5.74, 6) is 0.156. The number of aliphatic hydroxyl groups is 1. The highest BCUT2D eigenvalue weighted by Gasteiger charge is 2.55. The lowest BCUT2D eigenvalue weighted by atomic mass is 9.92. The SMILES string of the molecule is Cc1cc([C@]2(CNC(=O)OC(C)(C)C)C[C@H]2CO)ccc1Cl. The first kappa shape index (κ1) is 17.1. The van der Waals surface area contributed by atoms with E-state index in [0.717, 1.165) is 22.6 Å². The molecule has 0 aromatic heterocycles. The predicted octanol–water partition coefficient (Wildman–Crippen LogP) is 3.42. The zero-order valence-electron chi connectivity index (χ0n) is 13.6. The van der Waals surface area contributed by atoms with Crippen LogP contribution in [0, 0.1) is 12.8 Å². The van der Waals surface area contributed by atoms with Gasteiger partial charge in [0, 0.05) is 23.6 Å². The van der Waals surface area contributed by atoms with E-state index < -0.39 is 11.7 Å². The summed E-state index contributed by atoms with van der Waals surface area (Å²) in [4.78, 5) is 11.9. The van der Waals surface area contributed by atoms with Crippen molar-refractivity contribution >= 4 is 17.7 Å². The molecule has 1 fully saturated rings. The minimum atomic E-state index is -0.520. The molecule has 2 N–H and O–H groups in total. The number of halogens is 1. The Morgan fingerprint density at radius 3 is 2.68 bits per heavy atom. The van der Waals surface area contributed by atoms with Gasteiger partial charge in [0.15, 0.2) is 0 Å². The number of carbonyl (C=O) groups is 1. The molecule has 1 aromatic carbocycles. The Balaban J connectivity index is 2.10. The maximum absolute atomic E-state index is 11.9. The first-order valence-electron chi connectivity index (χ1n) is 7.52. The van der Waals surface area contributed by atoms with Crippen molar-refractivity contribution in [2.45, 2.75) is 45.1 Å². The van der Waals surface area contributed by atoms with Gasteiger partial charge in [-0.3, -0.25) is 0 Å². The standard InChI is InChI=1S/C17H24ClNO3/c1-11-7-12(5-6-14(11)18)17(8-13(17)9-20)10-19-15(21)22-16(2,3)4/h5-7,13,20H,8-10H2,1-4H3,(H,19,21)/t13-,17+/m0/s1. The molecular weight excluding hydrogens is 302 g/mol. The van der Waals surface area contributed by atoms with E-state index in [9.17, 15) is 9.90 Å². The van der Waals surface area contributed by atoms with Crippen molar-refractivity contribution in [3.05, 3.63) is 34.3 Å². The Bertz CT molecular complexity index is 568. The summed E-state index contributed by atoms with van der Waals surface area (Å²) in [6, 6.07) is 5.88. The smallest absolute Gasteiger partial charge is 0.407 e. The molecule has 0 unspecified atom stereocenters. The number of aryl methyl sites for hydroxylation is 1. The van der Waals surface area contributed by atoms with E-state index in [1.165, 1.54) is 0 Å². The zero-order valence-corrected chi connectivity index (χ0v) is 14.3. The summed E-state index contributed by atoms with van der Waals surface area (Å²) >= 11 is 6.08. The van der Waals surface area contributed by atoms with E-state index in [0.29, 0.717) is 6.54 Å². The highest BCUT2D eigenvalue weighted by Crippen LogP contribution is 2.54. The Kier molecular flexibility index (Phi) is 4.73. The van der Waals surface area contributed by atoms with Gasteiger partial charge < -0.3 is 15.2 Å². The van der Waals surface area contributed by atoms with Crippen molar-refractivity contribution in [1.82, 2.24) is 5.32 Å². The molecule has 1 saturated carbocycles. The van der Waals surface area contributed by atoms with Gasteiger partial charge in [0.1, 0.15) is 5.60 Å². The number of amides is 1. The lowest BCUT2D eigenvalue weighted by Gasteiger charge is -2.23. The molecule has 122 valence electrons. The fourth-order valence-electron chi connectivity index (χ4n) is 2.79. The minimum absolute atomic E-state index is 0.109. The van der Waals surface area contributed by atoms with Crippen LogP contribution in [0.5, 0.6) is 0 Å². The maximum Gasteiger partial charge on any atom is 0.407 e.